The van der Waals surface area contributed by atoms with Gasteiger partial charge in [-0.05, 0) is 49.2 Å². The Morgan fingerprint density at radius 1 is 1.14 bits per heavy atom. The molecule has 5 N–H and O–H groups in total. The highest BCUT2D eigenvalue weighted by Gasteiger charge is 2.20. The van der Waals surface area contributed by atoms with E-state index in [2.05, 4.69) is 25.9 Å². The molecule has 2 amide bonds. The highest BCUT2D eigenvalue weighted by Crippen LogP contribution is 2.20. The highest BCUT2D eigenvalue weighted by atomic mass is 32.2. The normalized spacial score (nSPS) is 15.8. The lowest BCUT2D eigenvalue weighted by Gasteiger charge is -2.23. The molecule has 4 rings (SSSR count). The first kappa shape index (κ1) is 25.3. The quantitative estimate of drug-likeness (QED) is 0.374. The summed E-state index contributed by atoms with van der Waals surface area (Å²) in [6, 6.07) is 13.2. The molecule has 3 aromatic rings. The van der Waals surface area contributed by atoms with E-state index in [1.807, 2.05) is 0 Å². The first-order valence-electron chi connectivity index (χ1n) is 11.5. The molecule has 11 heteroatoms. The molecule has 0 unspecified atom stereocenters. The molecule has 1 saturated heterocycles. The van der Waals surface area contributed by atoms with Crippen LogP contribution in [0.25, 0.3) is 11.3 Å². The van der Waals surface area contributed by atoms with Gasteiger partial charge in [-0.25, -0.2) is 18.4 Å². The van der Waals surface area contributed by atoms with Crippen molar-refractivity contribution in [2.24, 2.45) is 0 Å². The molecule has 2 heterocycles. The van der Waals surface area contributed by atoms with Crippen LogP contribution < -0.4 is 21.7 Å². The maximum atomic E-state index is 12.8. The molecule has 0 radical (unpaired) electrons. The van der Waals surface area contributed by atoms with E-state index in [1.165, 1.54) is 18.3 Å². The van der Waals surface area contributed by atoms with E-state index in [0.29, 0.717) is 23.4 Å². The van der Waals surface area contributed by atoms with E-state index in [1.54, 1.807) is 36.4 Å². The van der Waals surface area contributed by atoms with Crippen LogP contribution in [0.1, 0.15) is 39.3 Å². The van der Waals surface area contributed by atoms with Crippen LogP contribution in [0.2, 0.25) is 0 Å². The first-order chi connectivity index (χ1) is 17.2. The smallest absolute Gasteiger partial charge is 0.274 e. The van der Waals surface area contributed by atoms with Gasteiger partial charge in [0.05, 0.1) is 16.8 Å². The number of rotatable bonds is 7. The fraction of sp³-hybridized carbons (Fsp3) is 0.280. The van der Waals surface area contributed by atoms with Gasteiger partial charge in [0.25, 0.3) is 11.8 Å². The third kappa shape index (κ3) is 6.23. The highest BCUT2D eigenvalue weighted by molar-refractivity contribution is 7.90. The zero-order valence-electron chi connectivity index (χ0n) is 19.8. The van der Waals surface area contributed by atoms with Gasteiger partial charge in [-0.15, -0.1) is 0 Å². The molecule has 0 spiro atoms. The minimum Gasteiger partial charge on any atom is -0.382 e. The summed E-state index contributed by atoms with van der Waals surface area (Å²) in [5.74, 6) is -0.655. The number of nitrogen functional groups attached to an aromatic ring is 1. The molecular formula is C25H28N6O4S. The van der Waals surface area contributed by atoms with Gasteiger partial charge in [0.15, 0.2) is 21.3 Å². The number of anilines is 1. The van der Waals surface area contributed by atoms with Crippen LogP contribution in [0.15, 0.2) is 59.6 Å². The number of carbonyl (C=O) groups excluding carboxylic acids is 2. The second kappa shape index (κ2) is 10.8. The zero-order valence-corrected chi connectivity index (χ0v) is 20.6. The molecule has 1 aromatic heterocycles. The van der Waals surface area contributed by atoms with Crippen molar-refractivity contribution in [3.05, 3.63) is 71.5 Å². The predicted octanol–water partition coefficient (Wildman–Crippen LogP) is 1.54. The van der Waals surface area contributed by atoms with E-state index < -0.39 is 9.84 Å². The average Bonchev–Trinajstić information content (AvgIpc) is 2.88. The number of carbonyl (C=O) groups is 2. The van der Waals surface area contributed by atoms with Gasteiger partial charge in [0.1, 0.15) is 0 Å². The standard InChI is InChI=1S/C25H28N6O4S/c1-36(34,35)20-9-7-16(8-10-20)13-29-24(32)18-5-2-4-17(12-18)21-15-28-23(26)22(31-21)25(33)30-19-6-3-11-27-14-19/h2,4-5,7-10,12,15,19,27H,3,6,11,13-14H2,1H3,(H2,26,28)(H,29,32)(H,30,33)/t19-/m0/s1. The Morgan fingerprint density at radius 3 is 2.61 bits per heavy atom. The van der Waals surface area contributed by atoms with Crippen molar-refractivity contribution in [1.82, 2.24) is 25.9 Å². The zero-order chi connectivity index (χ0) is 25.7. The number of hydrogen-bond acceptors (Lipinski definition) is 8. The topological polar surface area (TPSA) is 156 Å². The summed E-state index contributed by atoms with van der Waals surface area (Å²) in [6.07, 6.45) is 4.47. The summed E-state index contributed by atoms with van der Waals surface area (Å²) in [5, 5.41) is 9.01. The fourth-order valence-corrected chi connectivity index (χ4v) is 4.52. The van der Waals surface area contributed by atoms with Crippen molar-refractivity contribution in [2.45, 2.75) is 30.3 Å². The second-order valence-electron chi connectivity index (χ2n) is 8.69. The maximum Gasteiger partial charge on any atom is 0.274 e. The van der Waals surface area contributed by atoms with Crippen molar-refractivity contribution >= 4 is 27.5 Å². The van der Waals surface area contributed by atoms with Gasteiger partial charge in [0.2, 0.25) is 0 Å². The molecule has 0 aliphatic carbocycles. The van der Waals surface area contributed by atoms with Crippen LogP contribution in [0.3, 0.4) is 0 Å². The van der Waals surface area contributed by atoms with Gasteiger partial charge in [-0.3, -0.25) is 9.59 Å². The molecule has 2 aromatic carbocycles. The largest absolute Gasteiger partial charge is 0.382 e. The van der Waals surface area contributed by atoms with Crippen molar-refractivity contribution < 1.29 is 18.0 Å². The maximum absolute atomic E-state index is 12.8. The number of hydrogen-bond donors (Lipinski definition) is 4. The van der Waals surface area contributed by atoms with Gasteiger partial charge < -0.3 is 21.7 Å². The van der Waals surface area contributed by atoms with E-state index in [-0.39, 0.29) is 40.8 Å². The lowest BCUT2D eigenvalue weighted by atomic mass is 10.1. The number of piperidine rings is 1. The Bertz CT molecular complexity index is 1370. The van der Waals surface area contributed by atoms with Gasteiger partial charge in [-0.1, -0.05) is 24.3 Å². The number of sulfone groups is 1. The lowest BCUT2D eigenvalue weighted by Crippen LogP contribution is -2.46. The SMILES string of the molecule is CS(=O)(=O)c1ccc(CNC(=O)c2cccc(-c3cnc(N)c(C(=O)N[C@H]4CCCNC4)n3)c2)cc1. The molecule has 188 valence electrons. The van der Waals surface area contributed by atoms with Crippen molar-refractivity contribution in [3.63, 3.8) is 0 Å². The summed E-state index contributed by atoms with van der Waals surface area (Å²) in [4.78, 5) is 34.3. The summed E-state index contributed by atoms with van der Waals surface area (Å²) in [5.41, 5.74) is 8.17. The van der Waals surface area contributed by atoms with Crippen molar-refractivity contribution in [1.29, 1.82) is 0 Å². The molecule has 1 fully saturated rings. The van der Waals surface area contributed by atoms with E-state index in [0.717, 1.165) is 31.2 Å². The van der Waals surface area contributed by atoms with E-state index in [4.69, 9.17) is 5.73 Å². The molecule has 1 atom stereocenters. The van der Waals surface area contributed by atoms with Crippen molar-refractivity contribution in [2.75, 3.05) is 25.1 Å². The van der Waals surface area contributed by atoms with E-state index >= 15 is 0 Å². The average molecular weight is 509 g/mol. The summed E-state index contributed by atoms with van der Waals surface area (Å²) < 4.78 is 23.2. The fourth-order valence-electron chi connectivity index (χ4n) is 3.89. The number of amides is 2. The predicted molar refractivity (Wildman–Crippen MR) is 136 cm³/mol. The van der Waals surface area contributed by atoms with Gasteiger partial charge >= 0.3 is 0 Å². The third-order valence-electron chi connectivity index (χ3n) is 5.87. The minimum atomic E-state index is -3.28. The monoisotopic (exact) mass is 508 g/mol. The summed E-state index contributed by atoms with van der Waals surface area (Å²) >= 11 is 0. The Labute approximate surface area is 209 Å². The summed E-state index contributed by atoms with van der Waals surface area (Å²) in [6.45, 7) is 1.86. The minimum absolute atomic E-state index is 0.00529. The second-order valence-corrected chi connectivity index (χ2v) is 10.7. The first-order valence-corrected chi connectivity index (χ1v) is 13.4. The number of nitrogens with one attached hydrogen (secondary N) is 3. The van der Waals surface area contributed by atoms with Crippen LogP contribution in [-0.2, 0) is 16.4 Å². The van der Waals surface area contributed by atoms with Crippen molar-refractivity contribution in [3.8, 4) is 11.3 Å². The molecule has 1 aliphatic rings. The molecule has 10 nitrogen and oxygen atoms in total. The Morgan fingerprint density at radius 2 is 1.92 bits per heavy atom. The number of aromatic nitrogens is 2. The summed E-state index contributed by atoms with van der Waals surface area (Å²) in [7, 11) is -3.28. The van der Waals surface area contributed by atoms with E-state index in [9.17, 15) is 18.0 Å². The Kier molecular flexibility index (Phi) is 7.61. The van der Waals surface area contributed by atoms with Crippen LogP contribution in [0, 0.1) is 0 Å². The number of benzene rings is 2. The molecule has 1 aliphatic heterocycles. The number of nitrogens with two attached hydrogens (primary N) is 1. The lowest BCUT2D eigenvalue weighted by molar-refractivity contribution is 0.0923. The molecule has 0 bridgehead atoms. The van der Waals surface area contributed by atoms with Crippen LogP contribution in [0.5, 0.6) is 0 Å². The third-order valence-corrected chi connectivity index (χ3v) is 7.00. The Balaban J connectivity index is 1.45. The molecule has 0 saturated carbocycles. The van der Waals surface area contributed by atoms with Crippen LogP contribution >= 0.6 is 0 Å². The van der Waals surface area contributed by atoms with Crippen LogP contribution in [-0.4, -0.2) is 55.6 Å². The molecular weight excluding hydrogens is 480 g/mol. The van der Waals surface area contributed by atoms with Gasteiger partial charge in [-0.2, -0.15) is 0 Å². The number of nitrogens with zero attached hydrogens (tertiary/aromatic N) is 2. The Hall–Kier alpha value is -3.83. The van der Waals surface area contributed by atoms with Crippen LogP contribution in [0.4, 0.5) is 5.82 Å². The van der Waals surface area contributed by atoms with Gasteiger partial charge in [0, 0.05) is 36.5 Å². The molecule has 36 heavy (non-hydrogen) atoms.